The first kappa shape index (κ1) is 26.3. The molecule has 3 amide bonds. The van der Waals surface area contributed by atoms with Crippen molar-refractivity contribution in [1.29, 1.82) is 0 Å². The van der Waals surface area contributed by atoms with Crippen LogP contribution in [-0.4, -0.2) is 33.8 Å². The van der Waals surface area contributed by atoms with E-state index in [1.54, 1.807) is 36.4 Å². The molecular weight excluding hydrogens is 494 g/mol. The summed E-state index contributed by atoms with van der Waals surface area (Å²) in [6.45, 7) is 5.79. The predicted octanol–water partition coefficient (Wildman–Crippen LogP) is 5.64. The van der Waals surface area contributed by atoms with Crippen LogP contribution in [-0.2, 0) is 5.41 Å². The molecule has 2 aromatic heterocycles. The Labute approximate surface area is 217 Å². The average molecular weight is 521 g/mol. The van der Waals surface area contributed by atoms with Crippen molar-refractivity contribution in [3.8, 4) is 17.2 Å². The molecule has 0 aliphatic heterocycles. The van der Waals surface area contributed by atoms with Crippen LogP contribution in [0, 0.1) is 11.6 Å². The summed E-state index contributed by atoms with van der Waals surface area (Å²) in [7, 11) is 1.51. The van der Waals surface area contributed by atoms with Crippen molar-refractivity contribution >= 4 is 23.4 Å². The van der Waals surface area contributed by atoms with Gasteiger partial charge in [0.2, 0.25) is 0 Å². The first-order chi connectivity index (χ1) is 18.0. The Morgan fingerprint density at radius 3 is 2.32 bits per heavy atom. The fourth-order valence-electron chi connectivity index (χ4n) is 3.42. The highest BCUT2D eigenvalue weighted by molar-refractivity contribution is 5.99. The SMILES string of the molecule is CNC(=O)c1cc(Oc2ccc(NC(=O)Nc3cc(C(C)(C)C)nn3-c3ccc(F)cc3F)cc2)ccn1. The fraction of sp³-hybridized carbons (Fsp3) is 0.185. The van der Waals surface area contributed by atoms with Gasteiger partial charge in [0.05, 0.1) is 5.69 Å². The largest absolute Gasteiger partial charge is 0.457 e. The molecule has 196 valence electrons. The molecule has 0 radical (unpaired) electrons. The minimum Gasteiger partial charge on any atom is -0.457 e. The number of benzene rings is 2. The number of anilines is 2. The van der Waals surface area contributed by atoms with Crippen LogP contribution < -0.4 is 20.7 Å². The van der Waals surface area contributed by atoms with Crippen molar-refractivity contribution in [3.05, 3.63) is 89.9 Å². The number of carbonyl (C=O) groups is 2. The third-order valence-electron chi connectivity index (χ3n) is 5.40. The number of urea groups is 1. The lowest BCUT2D eigenvalue weighted by Crippen LogP contribution is -2.21. The maximum Gasteiger partial charge on any atom is 0.324 e. The Morgan fingerprint density at radius 2 is 1.66 bits per heavy atom. The van der Waals surface area contributed by atoms with Gasteiger partial charge in [-0.1, -0.05) is 20.8 Å². The lowest BCUT2D eigenvalue weighted by atomic mass is 9.92. The highest BCUT2D eigenvalue weighted by Gasteiger charge is 2.23. The standard InChI is InChI=1S/C27H26F2N6O3/c1-27(2,3)23-15-24(35(34-23)22-10-5-16(28)13-20(22)29)33-26(37)32-17-6-8-18(9-7-17)38-19-11-12-31-21(14-19)25(36)30-4/h5-15H,1-4H3,(H,30,36)(H2,32,33,37). The quantitative estimate of drug-likeness (QED) is 0.305. The number of aromatic nitrogens is 3. The molecule has 0 fully saturated rings. The third-order valence-corrected chi connectivity index (χ3v) is 5.40. The molecule has 0 atom stereocenters. The number of carbonyl (C=O) groups excluding carboxylic acids is 2. The molecule has 0 saturated heterocycles. The van der Waals surface area contributed by atoms with Crippen molar-refractivity contribution in [1.82, 2.24) is 20.1 Å². The normalized spacial score (nSPS) is 11.1. The van der Waals surface area contributed by atoms with Gasteiger partial charge >= 0.3 is 6.03 Å². The molecule has 11 heteroatoms. The molecule has 38 heavy (non-hydrogen) atoms. The number of pyridine rings is 1. The van der Waals surface area contributed by atoms with Crippen molar-refractivity contribution in [2.45, 2.75) is 26.2 Å². The van der Waals surface area contributed by atoms with E-state index in [0.29, 0.717) is 22.9 Å². The Bertz CT molecular complexity index is 1480. The van der Waals surface area contributed by atoms with Gasteiger partial charge in [0, 0.05) is 42.5 Å². The highest BCUT2D eigenvalue weighted by Crippen LogP contribution is 2.28. The van der Waals surface area contributed by atoms with Gasteiger partial charge in [-0.2, -0.15) is 5.10 Å². The van der Waals surface area contributed by atoms with Gasteiger partial charge in [0.25, 0.3) is 5.91 Å². The second kappa shape index (κ2) is 10.7. The molecule has 0 aliphatic rings. The molecule has 0 bridgehead atoms. The molecule has 4 aromatic rings. The summed E-state index contributed by atoms with van der Waals surface area (Å²) >= 11 is 0. The maximum atomic E-state index is 14.5. The zero-order valence-electron chi connectivity index (χ0n) is 21.2. The molecule has 9 nitrogen and oxygen atoms in total. The molecule has 3 N–H and O–H groups in total. The van der Waals surface area contributed by atoms with Gasteiger partial charge in [-0.05, 0) is 42.5 Å². The van der Waals surface area contributed by atoms with Crippen molar-refractivity contribution in [2.75, 3.05) is 17.7 Å². The summed E-state index contributed by atoms with van der Waals surface area (Å²) in [6.07, 6.45) is 1.47. The number of amides is 3. The summed E-state index contributed by atoms with van der Waals surface area (Å²) in [4.78, 5) is 28.5. The number of nitrogens with one attached hydrogen (secondary N) is 3. The molecule has 2 heterocycles. The number of ether oxygens (including phenoxy) is 1. The predicted molar refractivity (Wildman–Crippen MR) is 139 cm³/mol. The smallest absolute Gasteiger partial charge is 0.324 e. The Balaban J connectivity index is 1.48. The van der Waals surface area contributed by atoms with Crippen molar-refractivity contribution < 1.29 is 23.1 Å². The van der Waals surface area contributed by atoms with Gasteiger partial charge in [0.15, 0.2) is 5.82 Å². The van der Waals surface area contributed by atoms with E-state index in [1.807, 2.05) is 20.8 Å². The van der Waals surface area contributed by atoms with E-state index >= 15 is 0 Å². The van der Waals surface area contributed by atoms with E-state index in [4.69, 9.17) is 4.74 Å². The monoisotopic (exact) mass is 520 g/mol. The van der Waals surface area contributed by atoms with Crippen LogP contribution in [0.25, 0.3) is 5.69 Å². The summed E-state index contributed by atoms with van der Waals surface area (Å²) in [5.41, 5.74) is 0.892. The van der Waals surface area contributed by atoms with Crippen LogP contribution in [0.5, 0.6) is 11.5 Å². The lowest BCUT2D eigenvalue weighted by Gasteiger charge is -2.14. The van der Waals surface area contributed by atoms with Crippen LogP contribution in [0.2, 0.25) is 0 Å². The molecular formula is C27H26F2N6O3. The zero-order valence-corrected chi connectivity index (χ0v) is 21.2. The average Bonchev–Trinajstić information content (AvgIpc) is 3.29. The Morgan fingerprint density at radius 1 is 0.921 bits per heavy atom. The minimum absolute atomic E-state index is 0.00520. The second-order valence-electron chi connectivity index (χ2n) is 9.33. The van der Waals surface area contributed by atoms with Gasteiger partial charge in [0.1, 0.15) is 34.5 Å². The van der Waals surface area contributed by atoms with Gasteiger partial charge < -0.3 is 15.4 Å². The van der Waals surface area contributed by atoms with E-state index in [0.717, 1.165) is 12.1 Å². The number of hydrogen-bond acceptors (Lipinski definition) is 5. The van der Waals surface area contributed by atoms with E-state index in [-0.39, 0.29) is 28.5 Å². The zero-order chi connectivity index (χ0) is 27.4. The van der Waals surface area contributed by atoms with Gasteiger partial charge in [-0.3, -0.25) is 15.1 Å². The van der Waals surface area contributed by atoms with Crippen LogP contribution in [0.1, 0.15) is 37.0 Å². The molecule has 2 aromatic carbocycles. The Hall–Kier alpha value is -4.80. The third kappa shape index (κ3) is 6.12. The number of nitrogens with zero attached hydrogens (tertiary/aromatic N) is 3. The maximum absolute atomic E-state index is 14.5. The van der Waals surface area contributed by atoms with Gasteiger partial charge in [-0.15, -0.1) is 0 Å². The van der Waals surface area contributed by atoms with E-state index in [2.05, 4.69) is 26.0 Å². The topological polar surface area (TPSA) is 110 Å². The second-order valence-corrected chi connectivity index (χ2v) is 9.33. The van der Waals surface area contributed by atoms with Crippen molar-refractivity contribution in [3.63, 3.8) is 0 Å². The van der Waals surface area contributed by atoms with Crippen LogP contribution in [0.3, 0.4) is 0 Å². The summed E-state index contributed by atoms with van der Waals surface area (Å²) < 4.78 is 35.0. The number of hydrogen-bond donors (Lipinski definition) is 3. The molecule has 0 unspecified atom stereocenters. The minimum atomic E-state index is -0.816. The van der Waals surface area contributed by atoms with Crippen LogP contribution >= 0.6 is 0 Å². The molecule has 0 aliphatic carbocycles. The van der Waals surface area contributed by atoms with E-state index in [1.165, 1.54) is 30.1 Å². The summed E-state index contributed by atoms with van der Waals surface area (Å²) in [5.74, 6) is -0.756. The van der Waals surface area contributed by atoms with Crippen LogP contribution in [0.15, 0.2) is 66.9 Å². The van der Waals surface area contributed by atoms with Crippen LogP contribution in [0.4, 0.5) is 25.1 Å². The van der Waals surface area contributed by atoms with Gasteiger partial charge in [-0.25, -0.2) is 18.3 Å². The summed E-state index contributed by atoms with van der Waals surface area (Å²) in [5, 5.41) is 12.3. The first-order valence-electron chi connectivity index (χ1n) is 11.6. The fourth-order valence-corrected chi connectivity index (χ4v) is 3.42. The molecule has 0 spiro atoms. The highest BCUT2D eigenvalue weighted by atomic mass is 19.1. The van der Waals surface area contributed by atoms with E-state index < -0.39 is 17.7 Å². The molecule has 4 rings (SSSR count). The number of rotatable bonds is 6. The Kier molecular flexibility index (Phi) is 7.38. The van der Waals surface area contributed by atoms with E-state index in [9.17, 15) is 18.4 Å². The van der Waals surface area contributed by atoms with Crippen molar-refractivity contribution in [2.24, 2.45) is 0 Å². The number of halogens is 2. The summed E-state index contributed by atoms with van der Waals surface area (Å²) in [6, 6.07) is 13.9. The first-order valence-corrected chi connectivity index (χ1v) is 11.6. The lowest BCUT2D eigenvalue weighted by molar-refractivity contribution is 0.0957. The molecule has 0 saturated carbocycles.